The molecule has 1 amide bonds. The van der Waals surface area contributed by atoms with Crippen LogP contribution in [-0.4, -0.2) is 29.0 Å². The summed E-state index contributed by atoms with van der Waals surface area (Å²) in [4.78, 5) is 19.1. The molecule has 0 spiro atoms. The van der Waals surface area contributed by atoms with Gasteiger partial charge in [0.25, 0.3) is 0 Å². The van der Waals surface area contributed by atoms with E-state index in [0.29, 0.717) is 13.1 Å². The molecule has 0 saturated heterocycles. The number of nitrogens with zero attached hydrogens (tertiary/aromatic N) is 1. The van der Waals surface area contributed by atoms with Crippen LogP contribution in [0.25, 0.3) is 11.3 Å². The molecular formula is C16H19BrN4O. The average molecular weight is 363 g/mol. The predicted molar refractivity (Wildman–Crippen MR) is 89.2 cm³/mol. The van der Waals surface area contributed by atoms with Gasteiger partial charge < -0.3 is 15.6 Å². The number of amides is 1. The van der Waals surface area contributed by atoms with Crippen molar-refractivity contribution in [3.63, 3.8) is 0 Å². The summed E-state index contributed by atoms with van der Waals surface area (Å²) in [6.45, 7) is 2.07. The summed E-state index contributed by atoms with van der Waals surface area (Å²) in [7, 11) is 0. The fourth-order valence-electron chi connectivity index (χ4n) is 2.20. The second-order valence-corrected chi connectivity index (χ2v) is 6.41. The van der Waals surface area contributed by atoms with Crippen LogP contribution in [0.5, 0.6) is 0 Å². The van der Waals surface area contributed by atoms with Crippen LogP contribution < -0.4 is 10.6 Å². The lowest BCUT2D eigenvalue weighted by atomic mass is 10.2. The molecule has 1 aliphatic rings. The molecule has 1 aliphatic carbocycles. The fraction of sp³-hybridized carbons (Fsp3) is 0.375. The summed E-state index contributed by atoms with van der Waals surface area (Å²) in [6, 6.07) is 8.11. The minimum Gasteiger partial charge on any atom is -0.355 e. The van der Waals surface area contributed by atoms with E-state index in [4.69, 9.17) is 0 Å². The molecule has 0 atom stereocenters. The van der Waals surface area contributed by atoms with Gasteiger partial charge >= 0.3 is 0 Å². The molecule has 0 aliphatic heterocycles. The van der Waals surface area contributed by atoms with Crippen LogP contribution >= 0.6 is 15.9 Å². The highest BCUT2D eigenvalue weighted by Gasteiger charge is 2.28. The zero-order chi connectivity index (χ0) is 15.4. The minimum absolute atomic E-state index is 0.192. The Balaban J connectivity index is 1.41. The van der Waals surface area contributed by atoms with E-state index in [1.54, 1.807) is 0 Å². The number of carbonyl (C=O) groups excluding carboxylic acids is 1. The van der Waals surface area contributed by atoms with Gasteiger partial charge in [-0.3, -0.25) is 4.79 Å². The maximum atomic E-state index is 11.5. The number of hydrogen-bond donors (Lipinski definition) is 3. The molecule has 1 aromatic heterocycles. The highest BCUT2D eigenvalue weighted by atomic mass is 79.9. The first-order valence-corrected chi connectivity index (χ1v) is 8.30. The van der Waals surface area contributed by atoms with Gasteiger partial charge in [-0.2, -0.15) is 0 Å². The molecule has 1 aromatic carbocycles. The number of benzene rings is 1. The fourth-order valence-corrected chi connectivity index (χ4v) is 2.46. The lowest BCUT2D eigenvalue weighted by Gasteiger charge is -2.05. The Labute approximate surface area is 138 Å². The molecule has 116 valence electrons. The highest BCUT2D eigenvalue weighted by Crippen LogP contribution is 2.28. The molecule has 0 bridgehead atoms. The molecule has 22 heavy (non-hydrogen) atoms. The number of imidazole rings is 1. The Morgan fingerprint density at radius 3 is 2.77 bits per heavy atom. The number of H-pyrrole nitrogens is 1. The summed E-state index contributed by atoms with van der Waals surface area (Å²) in [5, 5.41) is 6.21. The number of carbonyl (C=O) groups is 1. The van der Waals surface area contributed by atoms with E-state index < -0.39 is 0 Å². The van der Waals surface area contributed by atoms with Crippen molar-refractivity contribution in [2.45, 2.75) is 19.4 Å². The maximum absolute atomic E-state index is 11.5. The SMILES string of the molecule is O=C(NCCNCc1ncc(-c2ccc(Br)cc2)[nH]1)C1CC1. The van der Waals surface area contributed by atoms with E-state index in [-0.39, 0.29) is 11.8 Å². The number of hydrogen-bond acceptors (Lipinski definition) is 3. The Hall–Kier alpha value is -1.66. The molecule has 3 rings (SSSR count). The van der Waals surface area contributed by atoms with E-state index in [9.17, 15) is 4.79 Å². The van der Waals surface area contributed by atoms with Gasteiger partial charge in [-0.1, -0.05) is 28.1 Å². The van der Waals surface area contributed by atoms with Gasteiger partial charge in [-0.05, 0) is 30.5 Å². The second kappa shape index (κ2) is 7.07. The first-order valence-electron chi connectivity index (χ1n) is 7.50. The van der Waals surface area contributed by atoms with Gasteiger partial charge in [0.05, 0.1) is 18.4 Å². The average Bonchev–Trinajstić information content (AvgIpc) is 3.27. The third kappa shape index (κ3) is 4.18. The van der Waals surface area contributed by atoms with E-state index >= 15 is 0 Å². The quantitative estimate of drug-likeness (QED) is 0.662. The topological polar surface area (TPSA) is 69.8 Å². The molecule has 0 radical (unpaired) electrons. The smallest absolute Gasteiger partial charge is 0.223 e. The minimum atomic E-state index is 0.192. The normalized spacial score (nSPS) is 14.0. The van der Waals surface area contributed by atoms with Crippen molar-refractivity contribution in [3.8, 4) is 11.3 Å². The standard InChI is InChI=1S/C16H19BrN4O/c17-13-5-3-11(4-6-13)14-9-20-15(21-14)10-18-7-8-19-16(22)12-1-2-12/h3-6,9,12,18H,1-2,7-8,10H2,(H,19,22)(H,20,21). The van der Waals surface area contributed by atoms with E-state index in [1.807, 2.05) is 30.5 Å². The van der Waals surface area contributed by atoms with Gasteiger partial charge in [0, 0.05) is 23.5 Å². The Bertz CT molecular complexity index is 634. The number of aromatic nitrogens is 2. The highest BCUT2D eigenvalue weighted by molar-refractivity contribution is 9.10. The third-order valence-electron chi connectivity index (χ3n) is 3.63. The second-order valence-electron chi connectivity index (χ2n) is 5.49. The molecular weight excluding hydrogens is 344 g/mol. The van der Waals surface area contributed by atoms with Crippen molar-refractivity contribution in [2.24, 2.45) is 5.92 Å². The van der Waals surface area contributed by atoms with E-state index in [2.05, 4.69) is 36.5 Å². The summed E-state index contributed by atoms with van der Waals surface area (Å²) in [5.41, 5.74) is 2.12. The Morgan fingerprint density at radius 1 is 1.27 bits per heavy atom. The summed E-state index contributed by atoms with van der Waals surface area (Å²) >= 11 is 3.43. The van der Waals surface area contributed by atoms with Crippen molar-refractivity contribution in [2.75, 3.05) is 13.1 Å². The van der Waals surface area contributed by atoms with Crippen LogP contribution in [-0.2, 0) is 11.3 Å². The van der Waals surface area contributed by atoms with Crippen LogP contribution in [0.15, 0.2) is 34.9 Å². The zero-order valence-corrected chi connectivity index (χ0v) is 13.8. The number of halogens is 1. The van der Waals surface area contributed by atoms with E-state index in [1.165, 1.54) is 0 Å². The first-order chi connectivity index (χ1) is 10.7. The molecule has 6 heteroatoms. The van der Waals surface area contributed by atoms with Crippen LogP contribution in [0.2, 0.25) is 0 Å². The molecule has 5 nitrogen and oxygen atoms in total. The van der Waals surface area contributed by atoms with Gasteiger partial charge in [-0.25, -0.2) is 4.98 Å². The maximum Gasteiger partial charge on any atom is 0.223 e. The number of aromatic amines is 1. The van der Waals surface area contributed by atoms with Crippen molar-refractivity contribution in [1.29, 1.82) is 0 Å². The number of rotatable bonds is 7. The van der Waals surface area contributed by atoms with Crippen molar-refractivity contribution in [1.82, 2.24) is 20.6 Å². The van der Waals surface area contributed by atoms with Crippen LogP contribution in [0, 0.1) is 5.92 Å². The van der Waals surface area contributed by atoms with Crippen molar-refractivity contribution in [3.05, 3.63) is 40.8 Å². The molecule has 1 heterocycles. The summed E-state index contributed by atoms with van der Waals surface area (Å²) < 4.78 is 1.06. The van der Waals surface area contributed by atoms with Crippen molar-refractivity contribution >= 4 is 21.8 Å². The molecule has 3 N–H and O–H groups in total. The third-order valence-corrected chi connectivity index (χ3v) is 4.15. The Kier molecular flexibility index (Phi) is 4.90. The van der Waals surface area contributed by atoms with Gasteiger partial charge in [0.2, 0.25) is 5.91 Å². The van der Waals surface area contributed by atoms with E-state index in [0.717, 1.165) is 40.9 Å². The first kappa shape index (κ1) is 15.2. The predicted octanol–water partition coefficient (Wildman–Crippen LogP) is 2.46. The van der Waals surface area contributed by atoms with Crippen LogP contribution in [0.1, 0.15) is 18.7 Å². The van der Waals surface area contributed by atoms with Crippen molar-refractivity contribution < 1.29 is 4.79 Å². The molecule has 2 aromatic rings. The van der Waals surface area contributed by atoms with Gasteiger partial charge in [0.1, 0.15) is 5.82 Å². The number of nitrogens with one attached hydrogen (secondary N) is 3. The zero-order valence-electron chi connectivity index (χ0n) is 12.2. The molecule has 1 fully saturated rings. The molecule has 0 unspecified atom stereocenters. The largest absolute Gasteiger partial charge is 0.355 e. The van der Waals surface area contributed by atoms with Crippen LogP contribution in [0.4, 0.5) is 0 Å². The molecule has 1 saturated carbocycles. The lowest BCUT2D eigenvalue weighted by molar-refractivity contribution is -0.122. The van der Waals surface area contributed by atoms with Gasteiger partial charge in [0.15, 0.2) is 0 Å². The van der Waals surface area contributed by atoms with Gasteiger partial charge in [-0.15, -0.1) is 0 Å². The monoisotopic (exact) mass is 362 g/mol. The summed E-state index contributed by atoms with van der Waals surface area (Å²) in [6.07, 6.45) is 3.93. The van der Waals surface area contributed by atoms with Crippen LogP contribution in [0.3, 0.4) is 0 Å². The Morgan fingerprint density at radius 2 is 2.05 bits per heavy atom. The summed E-state index contributed by atoms with van der Waals surface area (Å²) in [5.74, 6) is 1.36. The lowest BCUT2D eigenvalue weighted by Crippen LogP contribution is -2.32.